The number of carbonyl (C=O) groups is 2. The van der Waals surface area contributed by atoms with Gasteiger partial charge in [-0.1, -0.05) is 320 Å². The molecule has 0 aliphatic carbocycles. The molecule has 1 amide bonds. The lowest BCUT2D eigenvalue weighted by Crippen LogP contribution is -2.47. The molecule has 0 bridgehead atoms. The van der Waals surface area contributed by atoms with Gasteiger partial charge >= 0.3 is 13.8 Å². The number of hydrogen-bond acceptors (Lipinski definition) is 6. The van der Waals surface area contributed by atoms with Crippen LogP contribution in [0.4, 0.5) is 0 Å². The van der Waals surface area contributed by atoms with Crippen LogP contribution in [0.15, 0.2) is 48.6 Å². The second-order valence-corrected chi connectivity index (χ2v) is 28.3. The van der Waals surface area contributed by atoms with Gasteiger partial charge in [0, 0.05) is 12.8 Å². The average molecular weight is 1230 g/mol. The molecule has 0 spiro atoms. The molecule has 0 aliphatic heterocycles. The molecule has 506 valence electrons. The summed E-state index contributed by atoms with van der Waals surface area (Å²) < 4.78 is 30.9. The normalized spacial score (nSPS) is 13.7. The van der Waals surface area contributed by atoms with Gasteiger partial charge in [-0.3, -0.25) is 18.6 Å². The minimum atomic E-state index is -4.45. The first kappa shape index (κ1) is 84.0. The predicted molar refractivity (Wildman–Crippen MR) is 374 cm³/mol. The van der Waals surface area contributed by atoms with Crippen molar-refractivity contribution in [3.63, 3.8) is 0 Å². The maximum absolute atomic E-state index is 13.6. The molecule has 86 heavy (non-hydrogen) atoms. The van der Waals surface area contributed by atoms with E-state index >= 15 is 0 Å². The van der Waals surface area contributed by atoms with E-state index in [9.17, 15) is 19.0 Å². The van der Waals surface area contributed by atoms with Gasteiger partial charge in [0.2, 0.25) is 5.91 Å². The van der Waals surface area contributed by atoms with E-state index in [1.165, 1.54) is 276 Å². The van der Waals surface area contributed by atoms with E-state index in [2.05, 4.69) is 68.6 Å². The van der Waals surface area contributed by atoms with Crippen molar-refractivity contribution in [3.8, 4) is 0 Å². The van der Waals surface area contributed by atoms with Crippen molar-refractivity contribution in [2.45, 2.75) is 386 Å². The molecule has 0 aliphatic rings. The van der Waals surface area contributed by atoms with E-state index in [1.807, 2.05) is 27.2 Å². The van der Waals surface area contributed by atoms with Gasteiger partial charge in [-0.15, -0.1) is 0 Å². The molecule has 10 heteroatoms. The zero-order valence-corrected chi connectivity index (χ0v) is 59.0. The van der Waals surface area contributed by atoms with Crippen LogP contribution in [0.2, 0.25) is 0 Å². The number of phosphoric acid groups is 1. The molecular weight excluding hydrogens is 1080 g/mol. The van der Waals surface area contributed by atoms with Gasteiger partial charge in [0.1, 0.15) is 19.3 Å². The minimum Gasteiger partial charge on any atom is -0.456 e. The number of amides is 1. The molecule has 0 saturated carbocycles. The number of likely N-dealkylation sites (N-methyl/N-ethyl adjacent to an activating group) is 1. The molecule has 0 aromatic rings. The molecule has 0 fully saturated rings. The Labute approximate surface area is 535 Å². The van der Waals surface area contributed by atoms with Gasteiger partial charge in [0.05, 0.1) is 33.8 Å². The van der Waals surface area contributed by atoms with Crippen LogP contribution in [0.5, 0.6) is 0 Å². The minimum absolute atomic E-state index is 0.0421. The van der Waals surface area contributed by atoms with Gasteiger partial charge in [-0.05, 0) is 89.5 Å². The van der Waals surface area contributed by atoms with Crippen molar-refractivity contribution in [3.05, 3.63) is 48.6 Å². The van der Waals surface area contributed by atoms with Crippen molar-refractivity contribution < 1.29 is 37.3 Å². The van der Waals surface area contributed by atoms with Crippen LogP contribution >= 0.6 is 7.82 Å². The zero-order valence-electron chi connectivity index (χ0n) is 58.1. The van der Waals surface area contributed by atoms with E-state index in [0.29, 0.717) is 23.9 Å². The molecule has 0 rings (SSSR count). The fourth-order valence-corrected chi connectivity index (χ4v) is 11.9. The van der Waals surface area contributed by atoms with Crippen LogP contribution in [0, 0.1) is 0 Å². The summed E-state index contributed by atoms with van der Waals surface area (Å²) in [7, 11) is 1.51. The highest BCUT2D eigenvalue weighted by Gasteiger charge is 2.30. The molecule has 3 unspecified atom stereocenters. The number of esters is 1. The first-order valence-electron chi connectivity index (χ1n) is 37.5. The number of hydrogen-bond donors (Lipinski definition) is 2. The summed E-state index contributed by atoms with van der Waals surface area (Å²) in [5.41, 5.74) is 0. The average Bonchev–Trinajstić information content (AvgIpc) is 3.69. The highest BCUT2D eigenvalue weighted by molar-refractivity contribution is 7.47. The number of phosphoric ester groups is 1. The predicted octanol–water partition coefficient (Wildman–Crippen LogP) is 24.0. The van der Waals surface area contributed by atoms with Gasteiger partial charge in [-0.25, -0.2) is 4.57 Å². The molecule has 9 nitrogen and oxygen atoms in total. The third-order valence-corrected chi connectivity index (χ3v) is 18.0. The second kappa shape index (κ2) is 65.9. The van der Waals surface area contributed by atoms with Crippen LogP contribution in [0.3, 0.4) is 0 Å². The Hall–Kier alpha value is -2.03. The molecule has 0 saturated heterocycles. The molecule has 0 aromatic carbocycles. The van der Waals surface area contributed by atoms with Crippen LogP contribution in [-0.4, -0.2) is 74.3 Å². The second-order valence-electron chi connectivity index (χ2n) is 26.8. The number of carbonyl (C=O) groups excluding carboxylic acids is 2. The number of unbranched alkanes of at least 4 members (excludes halogenated alkanes) is 47. The highest BCUT2D eigenvalue weighted by atomic mass is 31.2. The van der Waals surface area contributed by atoms with Crippen LogP contribution in [0.25, 0.3) is 0 Å². The lowest BCUT2D eigenvalue weighted by atomic mass is 10.0. The quantitative estimate of drug-likeness (QED) is 0.0205. The number of quaternary nitrogens is 1. The van der Waals surface area contributed by atoms with Crippen molar-refractivity contribution >= 4 is 19.7 Å². The van der Waals surface area contributed by atoms with E-state index in [-0.39, 0.29) is 25.1 Å². The van der Waals surface area contributed by atoms with Crippen molar-refractivity contribution in [1.29, 1.82) is 0 Å². The molecule has 2 N–H and O–H groups in total. The lowest BCUT2D eigenvalue weighted by molar-refractivity contribution is -0.870. The molecule has 0 radical (unpaired) electrons. The first-order valence-corrected chi connectivity index (χ1v) is 39.0. The summed E-state index contributed by atoms with van der Waals surface area (Å²) in [4.78, 5) is 38.0. The van der Waals surface area contributed by atoms with Crippen molar-refractivity contribution in [2.75, 3.05) is 40.9 Å². The first-order chi connectivity index (χ1) is 41.9. The fraction of sp³-hybridized carbons (Fsp3) is 0.868. The Morgan fingerprint density at radius 2 is 0.709 bits per heavy atom. The monoisotopic (exact) mass is 1230 g/mol. The van der Waals surface area contributed by atoms with Crippen LogP contribution < -0.4 is 5.32 Å². The van der Waals surface area contributed by atoms with Crippen molar-refractivity contribution in [1.82, 2.24) is 5.32 Å². The largest absolute Gasteiger partial charge is 0.472 e. The topological polar surface area (TPSA) is 111 Å². The highest BCUT2D eigenvalue weighted by Crippen LogP contribution is 2.43. The van der Waals surface area contributed by atoms with E-state index < -0.39 is 20.0 Å². The number of nitrogens with zero attached hydrogens (tertiary/aromatic N) is 1. The summed E-state index contributed by atoms with van der Waals surface area (Å²) in [6, 6.07) is -0.847. The van der Waals surface area contributed by atoms with Crippen LogP contribution in [0.1, 0.15) is 374 Å². The number of allylic oxidation sites excluding steroid dienone is 7. The van der Waals surface area contributed by atoms with E-state index in [0.717, 1.165) is 64.2 Å². The Morgan fingerprint density at radius 3 is 1.08 bits per heavy atom. The molecule has 3 atom stereocenters. The smallest absolute Gasteiger partial charge is 0.456 e. The fourth-order valence-electron chi connectivity index (χ4n) is 11.2. The summed E-state index contributed by atoms with van der Waals surface area (Å²) in [5.74, 6) is -0.487. The number of nitrogens with one attached hydrogen (secondary N) is 1. The van der Waals surface area contributed by atoms with Gasteiger partial charge in [-0.2, -0.15) is 0 Å². The zero-order chi connectivity index (χ0) is 62.8. The maximum atomic E-state index is 13.6. The van der Waals surface area contributed by atoms with E-state index in [4.69, 9.17) is 13.8 Å². The third kappa shape index (κ3) is 66.4. The summed E-state index contributed by atoms with van der Waals surface area (Å²) in [6.07, 6.45) is 84.2. The number of rotatable bonds is 69. The van der Waals surface area contributed by atoms with Gasteiger partial charge < -0.3 is 19.4 Å². The molecule has 0 aromatic heterocycles. The van der Waals surface area contributed by atoms with Gasteiger partial charge in [0.25, 0.3) is 0 Å². The Balaban J connectivity index is 4.98. The Morgan fingerprint density at radius 1 is 0.407 bits per heavy atom. The van der Waals surface area contributed by atoms with Crippen LogP contribution in [-0.2, 0) is 27.9 Å². The third-order valence-electron chi connectivity index (χ3n) is 17.0. The maximum Gasteiger partial charge on any atom is 0.472 e. The summed E-state index contributed by atoms with van der Waals surface area (Å²) in [5, 5.41) is 3.08. The van der Waals surface area contributed by atoms with Gasteiger partial charge in [0.15, 0.2) is 0 Å². The Bertz CT molecular complexity index is 1610. The Kier molecular flexibility index (Phi) is 64.4. The summed E-state index contributed by atoms with van der Waals surface area (Å²) in [6.45, 7) is 7.04. The molecular formula is C76H146N2O7P+. The SMILES string of the molecule is CCCCC/C=C\C/C=C\CCCCCCCCCCCCCCCCCC(=O)NC(COP(=O)(O)OCC[N+](C)(C)C)C(/C=C/CCCCCCCCCCCC)OC(=O)CCCCCCCCCCCCCCC/C=C/CCCCCCCC. The number of ether oxygens (including phenoxy) is 1. The summed E-state index contributed by atoms with van der Waals surface area (Å²) >= 11 is 0. The molecule has 0 heterocycles. The van der Waals surface area contributed by atoms with Crippen molar-refractivity contribution in [2.24, 2.45) is 0 Å². The van der Waals surface area contributed by atoms with E-state index in [1.54, 1.807) is 0 Å². The lowest BCUT2D eigenvalue weighted by Gasteiger charge is -2.27. The standard InChI is InChI=1S/C76H145N2O7P/c1-7-10-13-16-19-22-25-28-30-32-34-36-38-39-41-42-44-46-48-50-53-56-59-62-65-68-75(79)77-73(72-84-86(81,82)83-71-70-78(4,5)6)74(67-64-61-58-55-52-27-24-21-18-15-12-9-3)85-76(80)69-66-63-60-57-54-51-49-47-45-43-40-37-35-33-31-29-26-23-20-17-14-11-8-2/h19,22,28-31,64,67,73-74H,7-18,20-21,23-27,32-63,65-66,68-72H2,1-6H3,(H-,77,79,81,82)/p+1/b22-19-,30-28-,31-29+,67-64+.